The predicted molar refractivity (Wildman–Crippen MR) is 44.6 cm³/mol. The zero-order valence-corrected chi connectivity index (χ0v) is 7.50. The molecule has 0 saturated heterocycles. The summed E-state index contributed by atoms with van der Waals surface area (Å²) in [6, 6.07) is 1.62. The summed E-state index contributed by atoms with van der Waals surface area (Å²) in [7, 11) is 0. The van der Waals surface area contributed by atoms with Gasteiger partial charge < -0.3 is 4.74 Å². The van der Waals surface area contributed by atoms with Crippen LogP contribution in [0.15, 0.2) is 0 Å². The summed E-state index contributed by atoms with van der Waals surface area (Å²) in [6.45, 7) is 2.25. The second-order valence-electron chi connectivity index (χ2n) is 2.37. The molecule has 2 amide bonds. The van der Waals surface area contributed by atoms with Gasteiger partial charge in [-0.1, -0.05) is 13.3 Å². The Balaban J connectivity index is 3.51. The molecule has 0 fully saturated rings. The molecule has 0 spiro atoms. The standard InChI is InChI=1S/C8H12N2O3/c1-2-3-6-13-8(12)10-7(11)4-5-9/h2-4,6H2,1H3,(H,10,11,12). The summed E-state index contributed by atoms with van der Waals surface area (Å²) < 4.78 is 4.62. The van der Waals surface area contributed by atoms with E-state index in [0.29, 0.717) is 6.61 Å². The van der Waals surface area contributed by atoms with Crippen molar-refractivity contribution >= 4 is 12.0 Å². The Labute approximate surface area is 76.7 Å². The number of hydrogen-bond donors (Lipinski definition) is 1. The molecular weight excluding hydrogens is 172 g/mol. The number of amides is 2. The van der Waals surface area contributed by atoms with Crippen LogP contribution in [-0.2, 0) is 9.53 Å². The average molecular weight is 184 g/mol. The lowest BCUT2D eigenvalue weighted by molar-refractivity contribution is -0.119. The minimum atomic E-state index is -0.784. The number of nitrogens with one attached hydrogen (secondary N) is 1. The maximum atomic E-state index is 10.7. The van der Waals surface area contributed by atoms with E-state index in [-0.39, 0.29) is 6.42 Å². The van der Waals surface area contributed by atoms with Crippen molar-refractivity contribution in [2.45, 2.75) is 26.2 Å². The van der Waals surface area contributed by atoms with Crippen molar-refractivity contribution in [2.75, 3.05) is 6.61 Å². The van der Waals surface area contributed by atoms with Gasteiger partial charge in [-0.25, -0.2) is 4.79 Å². The Hall–Kier alpha value is -1.57. The van der Waals surface area contributed by atoms with Gasteiger partial charge in [0, 0.05) is 0 Å². The molecule has 0 unspecified atom stereocenters. The van der Waals surface area contributed by atoms with Crippen LogP contribution in [0.3, 0.4) is 0 Å². The monoisotopic (exact) mass is 184 g/mol. The maximum Gasteiger partial charge on any atom is 0.413 e. The van der Waals surface area contributed by atoms with Gasteiger partial charge >= 0.3 is 6.09 Å². The van der Waals surface area contributed by atoms with Gasteiger partial charge in [-0.05, 0) is 6.42 Å². The number of imide groups is 1. The first-order chi connectivity index (χ1) is 6.20. The second-order valence-corrected chi connectivity index (χ2v) is 2.37. The van der Waals surface area contributed by atoms with Crippen LogP contribution in [0, 0.1) is 11.3 Å². The number of alkyl carbamates (subject to hydrolysis) is 1. The summed E-state index contributed by atoms with van der Waals surface area (Å²) in [5, 5.41) is 10.0. The summed E-state index contributed by atoms with van der Waals surface area (Å²) in [5.41, 5.74) is 0. The highest BCUT2D eigenvalue weighted by molar-refractivity contribution is 5.92. The Morgan fingerprint density at radius 3 is 2.77 bits per heavy atom. The fourth-order valence-corrected chi connectivity index (χ4v) is 0.575. The molecule has 0 bridgehead atoms. The molecule has 5 nitrogen and oxygen atoms in total. The number of carbonyl (C=O) groups excluding carboxylic acids is 2. The molecule has 0 aliphatic carbocycles. The summed E-state index contributed by atoms with van der Waals surface area (Å²) >= 11 is 0. The number of carbonyl (C=O) groups is 2. The number of nitriles is 1. The molecule has 0 aromatic rings. The normalized spacial score (nSPS) is 8.62. The third-order valence-electron chi connectivity index (χ3n) is 1.21. The highest BCUT2D eigenvalue weighted by Crippen LogP contribution is 1.88. The first kappa shape index (κ1) is 11.4. The minimum Gasteiger partial charge on any atom is -0.449 e. The molecule has 13 heavy (non-hydrogen) atoms. The van der Waals surface area contributed by atoms with Crippen molar-refractivity contribution in [3.8, 4) is 6.07 Å². The largest absolute Gasteiger partial charge is 0.449 e. The molecule has 0 aromatic carbocycles. The lowest BCUT2D eigenvalue weighted by atomic mass is 10.4. The van der Waals surface area contributed by atoms with E-state index in [2.05, 4.69) is 4.74 Å². The molecule has 1 N–H and O–H groups in total. The second kappa shape index (κ2) is 7.10. The van der Waals surface area contributed by atoms with Crippen LogP contribution in [0.4, 0.5) is 4.79 Å². The van der Waals surface area contributed by atoms with Crippen LogP contribution in [0.2, 0.25) is 0 Å². The smallest absolute Gasteiger partial charge is 0.413 e. The molecule has 0 aliphatic rings. The van der Waals surface area contributed by atoms with Gasteiger partial charge in [0.15, 0.2) is 0 Å². The van der Waals surface area contributed by atoms with Gasteiger partial charge in [0.1, 0.15) is 6.42 Å². The van der Waals surface area contributed by atoms with Crippen LogP contribution in [-0.4, -0.2) is 18.6 Å². The van der Waals surface area contributed by atoms with Gasteiger partial charge in [0.2, 0.25) is 5.91 Å². The van der Waals surface area contributed by atoms with Gasteiger partial charge in [0.05, 0.1) is 12.7 Å². The third-order valence-corrected chi connectivity index (χ3v) is 1.21. The summed E-state index contributed by atoms with van der Waals surface area (Å²) in [5.74, 6) is -0.635. The zero-order chi connectivity index (χ0) is 10.1. The number of nitrogens with zero attached hydrogens (tertiary/aromatic N) is 1. The SMILES string of the molecule is CCCCOC(=O)NC(=O)CC#N. The first-order valence-corrected chi connectivity index (χ1v) is 4.04. The molecule has 0 heterocycles. The molecule has 0 saturated carbocycles. The lowest BCUT2D eigenvalue weighted by Crippen LogP contribution is -2.30. The number of hydrogen-bond acceptors (Lipinski definition) is 4. The maximum absolute atomic E-state index is 10.7. The summed E-state index contributed by atoms with van der Waals surface area (Å²) in [6.07, 6.45) is 0.566. The van der Waals surface area contributed by atoms with Crippen LogP contribution in [0.5, 0.6) is 0 Å². The number of rotatable bonds is 4. The van der Waals surface area contributed by atoms with Crippen molar-refractivity contribution < 1.29 is 14.3 Å². The highest BCUT2D eigenvalue weighted by Gasteiger charge is 2.06. The minimum absolute atomic E-state index is 0.294. The Morgan fingerprint density at radius 1 is 1.54 bits per heavy atom. The molecule has 0 rings (SSSR count). The zero-order valence-electron chi connectivity index (χ0n) is 7.50. The van der Waals surface area contributed by atoms with Crippen LogP contribution < -0.4 is 5.32 Å². The third kappa shape index (κ3) is 6.81. The predicted octanol–water partition coefficient (Wildman–Crippen LogP) is 0.953. The van der Waals surface area contributed by atoms with E-state index in [0.717, 1.165) is 12.8 Å². The van der Waals surface area contributed by atoms with Gasteiger partial charge in [0.25, 0.3) is 0 Å². The van der Waals surface area contributed by atoms with E-state index in [9.17, 15) is 9.59 Å². The van der Waals surface area contributed by atoms with E-state index in [1.807, 2.05) is 12.2 Å². The van der Waals surface area contributed by atoms with E-state index < -0.39 is 12.0 Å². The molecule has 72 valence electrons. The number of unbranched alkanes of at least 4 members (excludes halogenated alkanes) is 1. The van der Waals surface area contributed by atoms with Crippen molar-refractivity contribution in [1.29, 1.82) is 5.26 Å². The molecule has 5 heteroatoms. The van der Waals surface area contributed by atoms with Crippen molar-refractivity contribution in [2.24, 2.45) is 0 Å². The lowest BCUT2D eigenvalue weighted by Gasteiger charge is -2.02. The number of ether oxygens (including phenoxy) is 1. The molecule has 0 aliphatic heterocycles. The Morgan fingerprint density at radius 2 is 2.23 bits per heavy atom. The van der Waals surface area contributed by atoms with Gasteiger partial charge in [-0.15, -0.1) is 0 Å². The van der Waals surface area contributed by atoms with Crippen LogP contribution in [0.25, 0.3) is 0 Å². The van der Waals surface area contributed by atoms with Crippen LogP contribution in [0.1, 0.15) is 26.2 Å². The Bertz CT molecular complexity index is 220. The quantitative estimate of drug-likeness (QED) is 0.660. The van der Waals surface area contributed by atoms with Crippen molar-refractivity contribution in [3.63, 3.8) is 0 Å². The molecule has 0 radical (unpaired) electrons. The van der Waals surface area contributed by atoms with Crippen molar-refractivity contribution in [1.82, 2.24) is 5.32 Å². The fourth-order valence-electron chi connectivity index (χ4n) is 0.575. The Kier molecular flexibility index (Phi) is 6.24. The van der Waals surface area contributed by atoms with Crippen molar-refractivity contribution in [3.05, 3.63) is 0 Å². The van der Waals surface area contributed by atoms with E-state index >= 15 is 0 Å². The highest BCUT2D eigenvalue weighted by atomic mass is 16.5. The fraction of sp³-hybridized carbons (Fsp3) is 0.625. The van der Waals surface area contributed by atoms with Gasteiger partial charge in [-0.3, -0.25) is 10.1 Å². The van der Waals surface area contributed by atoms with Gasteiger partial charge in [-0.2, -0.15) is 5.26 Å². The first-order valence-electron chi connectivity index (χ1n) is 4.04. The molecule has 0 aromatic heterocycles. The summed E-state index contributed by atoms with van der Waals surface area (Å²) in [4.78, 5) is 21.4. The molecule has 0 atom stereocenters. The van der Waals surface area contributed by atoms with E-state index in [1.165, 1.54) is 0 Å². The van der Waals surface area contributed by atoms with E-state index in [4.69, 9.17) is 5.26 Å². The topological polar surface area (TPSA) is 79.2 Å². The van der Waals surface area contributed by atoms with Crippen LogP contribution >= 0.6 is 0 Å². The average Bonchev–Trinajstić information content (AvgIpc) is 2.05. The molecular formula is C8H12N2O3. The van der Waals surface area contributed by atoms with E-state index in [1.54, 1.807) is 6.07 Å².